The van der Waals surface area contributed by atoms with E-state index in [1.54, 1.807) is 6.20 Å². The van der Waals surface area contributed by atoms with E-state index in [0.29, 0.717) is 17.8 Å². The zero-order valence-electron chi connectivity index (χ0n) is 13.9. The maximum atomic E-state index is 12.2. The number of anilines is 1. The summed E-state index contributed by atoms with van der Waals surface area (Å²) in [6.07, 6.45) is 4.45. The molecule has 0 unspecified atom stereocenters. The molecule has 3 aromatic rings. The lowest BCUT2D eigenvalue weighted by molar-refractivity contribution is -0.120. The van der Waals surface area contributed by atoms with Crippen molar-refractivity contribution in [1.82, 2.24) is 15.5 Å². The molecule has 128 valence electrons. The summed E-state index contributed by atoms with van der Waals surface area (Å²) in [5.74, 6) is 0.922. The second-order valence-electron chi connectivity index (χ2n) is 6.30. The van der Waals surface area contributed by atoms with E-state index < -0.39 is 0 Å². The third kappa shape index (κ3) is 3.47. The van der Waals surface area contributed by atoms with E-state index in [2.05, 4.69) is 26.4 Å². The fourth-order valence-electron chi connectivity index (χ4n) is 3.17. The van der Waals surface area contributed by atoms with Gasteiger partial charge in [-0.1, -0.05) is 17.3 Å². The van der Waals surface area contributed by atoms with Gasteiger partial charge in [-0.25, -0.2) is 4.98 Å². The van der Waals surface area contributed by atoms with Crippen LogP contribution in [-0.4, -0.2) is 29.1 Å². The molecule has 1 amide bonds. The molecule has 2 aromatic heterocycles. The summed E-state index contributed by atoms with van der Waals surface area (Å²) < 4.78 is 5.24. The van der Waals surface area contributed by atoms with Crippen molar-refractivity contribution < 1.29 is 9.32 Å². The number of carbonyl (C=O) groups is 1. The van der Waals surface area contributed by atoms with E-state index in [-0.39, 0.29) is 12.3 Å². The summed E-state index contributed by atoms with van der Waals surface area (Å²) in [4.78, 5) is 19.0. The maximum absolute atomic E-state index is 12.2. The summed E-state index contributed by atoms with van der Waals surface area (Å²) in [6.45, 7) is 2.60. The highest BCUT2D eigenvalue weighted by molar-refractivity contribution is 5.86. The van der Waals surface area contributed by atoms with Gasteiger partial charge in [-0.05, 0) is 42.7 Å². The van der Waals surface area contributed by atoms with Crippen LogP contribution in [0.5, 0.6) is 0 Å². The van der Waals surface area contributed by atoms with E-state index >= 15 is 0 Å². The molecular formula is C19H20N4O2. The Kier molecular flexibility index (Phi) is 4.33. The fourth-order valence-corrected chi connectivity index (χ4v) is 3.17. The topological polar surface area (TPSA) is 71.3 Å². The number of rotatable bonds is 5. The van der Waals surface area contributed by atoms with Crippen molar-refractivity contribution in [2.24, 2.45) is 0 Å². The van der Waals surface area contributed by atoms with Crippen molar-refractivity contribution in [2.75, 3.05) is 18.0 Å². The van der Waals surface area contributed by atoms with Gasteiger partial charge in [-0.3, -0.25) is 4.79 Å². The number of hydrogen-bond acceptors (Lipinski definition) is 5. The molecular weight excluding hydrogens is 316 g/mol. The lowest BCUT2D eigenvalue weighted by atomic mass is 10.1. The van der Waals surface area contributed by atoms with Crippen LogP contribution < -0.4 is 10.2 Å². The van der Waals surface area contributed by atoms with Gasteiger partial charge < -0.3 is 14.7 Å². The third-order valence-corrected chi connectivity index (χ3v) is 4.51. The smallest absolute Gasteiger partial charge is 0.226 e. The minimum atomic E-state index is -0.0708. The van der Waals surface area contributed by atoms with Gasteiger partial charge in [0.1, 0.15) is 11.5 Å². The second-order valence-corrected chi connectivity index (χ2v) is 6.30. The minimum absolute atomic E-state index is 0.0708. The molecule has 0 saturated carbocycles. The van der Waals surface area contributed by atoms with Crippen LogP contribution in [0.25, 0.3) is 11.0 Å². The van der Waals surface area contributed by atoms with E-state index in [1.807, 2.05) is 30.3 Å². The van der Waals surface area contributed by atoms with Crippen LogP contribution in [-0.2, 0) is 17.8 Å². The first-order chi connectivity index (χ1) is 12.3. The first-order valence-electron chi connectivity index (χ1n) is 8.59. The number of aromatic nitrogens is 2. The number of para-hydroxylation sites is 1. The number of pyridine rings is 1. The van der Waals surface area contributed by atoms with Gasteiger partial charge in [0.25, 0.3) is 0 Å². The van der Waals surface area contributed by atoms with Crippen molar-refractivity contribution in [2.45, 2.75) is 25.8 Å². The molecule has 4 rings (SSSR count). The molecule has 3 heterocycles. The Bertz CT molecular complexity index is 884. The van der Waals surface area contributed by atoms with Crippen LogP contribution in [0.2, 0.25) is 0 Å². The molecule has 0 aliphatic carbocycles. The third-order valence-electron chi connectivity index (χ3n) is 4.51. The Morgan fingerprint density at radius 2 is 2.04 bits per heavy atom. The molecule has 6 heteroatoms. The highest BCUT2D eigenvalue weighted by Crippen LogP contribution is 2.19. The fraction of sp³-hybridized carbons (Fsp3) is 0.316. The molecule has 0 spiro atoms. The normalized spacial score (nSPS) is 14.2. The van der Waals surface area contributed by atoms with Crippen LogP contribution >= 0.6 is 0 Å². The number of amides is 1. The molecule has 1 aliphatic rings. The van der Waals surface area contributed by atoms with Gasteiger partial charge in [-0.15, -0.1) is 0 Å². The largest absolute Gasteiger partial charge is 0.357 e. The number of fused-ring (bicyclic) bond motifs is 1. The van der Waals surface area contributed by atoms with Crippen LogP contribution in [0.3, 0.4) is 0 Å². The number of hydrogen-bond donors (Lipinski definition) is 1. The molecule has 1 saturated heterocycles. The quantitative estimate of drug-likeness (QED) is 0.775. The summed E-state index contributed by atoms with van der Waals surface area (Å²) >= 11 is 0. The van der Waals surface area contributed by atoms with Crippen molar-refractivity contribution in [1.29, 1.82) is 0 Å². The standard InChI is InChI=1S/C19H20N4O2/c24-19(12-16-15-5-1-2-6-17(15)25-22-16)21-13-14-7-8-20-18(11-14)23-9-3-4-10-23/h1-2,5-8,11H,3-4,9-10,12-13H2,(H,21,24). The molecule has 1 aliphatic heterocycles. The summed E-state index contributed by atoms with van der Waals surface area (Å²) in [7, 11) is 0. The number of benzene rings is 1. The highest BCUT2D eigenvalue weighted by Gasteiger charge is 2.14. The maximum Gasteiger partial charge on any atom is 0.226 e. The second kappa shape index (κ2) is 6.93. The summed E-state index contributed by atoms with van der Waals surface area (Å²) in [6, 6.07) is 11.6. The van der Waals surface area contributed by atoms with Crippen LogP contribution in [0.4, 0.5) is 5.82 Å². The van der Waals surface area contributed by atoms with Crippen molar-refractivity contribution in [3.63, 3.8) is 0 Å². The summed E-state index contributed by atoms with van der Waals surface area (Å²) in [5, 5.41) is 7.84. The minimum Gasteiger partial charge on any atom is -0.357 e. The molecule has 0 bridgehead atoms. The molecule has 0 atom stereocenters. The molecule has 25 heavy (non-hydrogen) atoms. The Labute approximate surface area is 145 Å². The van der Waals surface area contributed by atoms with Gasteiger partial charge >= 0.3 is 0 Å². The van der Waals surface area contributed by atoms with E-state index in [1.165, 1.54) is 12.8 Å². The Hall–Kier alpha value is -2.89. The van der Waals surface area contributed by atoms with E-state index in [4.69, 9.17) is 4.52 Å². The zero-order valence-corrected chi connectivity index (χ0v) is 13.9. The monoisotopic (exact) mass is 336 g/mol. The Morgan fingerprint density at radius 3 is 2.92 bits per heavy atom. The Morgan fingerprint density at radius 1 is 1.20 bits per heavy atom. The first kappa shape index (κ1) is 15.6. The van der Waals surface area contributed by atoms with Gasteiger partial charge in [0.05, 0.1) is 6.42 Å². The lowest BCUT2D eigenvalue weighted by Gasteiger charge is -2.16. The number of nitrogens with zero attached hydrogens (tertiary/aromatic N) is 3. The van der Waals surface area contributed by atoms with Crippen LogP contribution in [0.15, 0.2) is 47.1 Å². The molecule has 6 nitrogen and oxygen atoms in total. The molecule has 1 N–H and O–H groups in total. The lowest BCUT2D eigenvalue weighted by Crippen LogP contribution is -2.25. The molecule has 1 fully saturated rings. The van der Waals surface area contributed by atoms with Crippen molar-refractivity contribution >= 4 is 22.7 Å². The van der Waals surface area contributed by atoms with Gasteiger partial charge in [0.2, 0.25) is 5.91 Å². The Balaban J connectivity index is 1.38. The molecule has 0 radical (unpaired) electrons. The van der Waals surface area contributed by atoms with Crippen LogP contribution in [0, 0.1) is 0 Å². The van der Waals surface area contributed by atoms with E-state index in [0.717, 1.165) is 29.9 Å². The van der Waals surface area contributed by atoms with Gasteiger partial charge in [-0.2, -0.15) is 0 Å². The first-order valence-corrected chi connectivity index (χ1v) is 8.59. The average molecular weight is 336 g/mol. The zero-order chi connectivity index (χ0) is 17.1. The van der Waals surface area contributed by atoms with Gasteiger partial charge in [0, 0.05) is 31.2 Å². The number of nitrogens with one attached hydrogen (secondary N) is 1. The predicted octanol–water partition coefficient (Wildman–Crippen LogP) is 2.68. The average Bonchev–Trinajstić information content (AvgIpc) is 3.31. The SMILES string of the molecule is O=C(Cc1noc2ccccc12)NCc1ccnc(N2CCCC2)c1. The van der Waals surface area contributed by atoms with Crippen LogP contribution in [0.1, 0.15) is 24.1 Å². The summed E-state index contributed by atoms with van der Waals surface area (Å²) in [5.41, 5.74) is 2.42. The molecule has 1 aromatic carbocycles. The van der Waals surface area contributed by atoms with Crippen molar-refractivity contribution in [3.8, 4) is 0 Å². The highest BCUT2D eigenvalue weighted by atomic mass is 16.5. The number of carbonyl (C=O) groups excluding carboxylic acids is 1. The van der Waals surface area contributed by atoms with Crippen molar-refractivity contribution in [3.05, 3.63) is 53.9 Å². The predicted molar refractivity (Wildman–Crippen MR) is 95.2 cm³/mol. The van der Waals surface area contributed by atoms with Gasteiger partial charge in [0.15, 0.2) is 5.58 Å². The van der Waals surface area contributed by atoms with E-state index in [9.17, 15) is 4.79 Å².